The Hall–Kier alpha value is -1.31. The fourth-order valence-corrected chi connectivity index (χ4v) is 3.13. The lowest BCUT2D eigenvalue weighted by atomic mass is 10.1. The van der Waals surface area contributed by atoms with E-state index in [1.54, 1.807) is 0 Å². The van der Waals surface area contributed by atoms with Crippen LogP contribution in [0.3, 0.4) is 0 Å². The lowest BCUT2D eigenvalue weighted by Gasteiger charge is -2.07. The summed E-state index contributed by atoms with van der Waals surface area (Å²) in [7, 11) is 0. The van der Waals surface area contributed by atoms with Crippen molar-refractivity contribution in [3.8, 4) is 0 Å². The molecule has 24 heavy (non-hydrogen) atoms. The highest BCUT2D eigenvalue weighted by atomic mass is 32.1. The van der Waals surface area contributed by atoms with E-state index in [0.717, 1.165) is 38.0 Å². The molecule has 4 heterocycles. The quantitative estimate of drug-likeness (QED) is 0.880. The van der Waals surface area contributed by atoms with Gasteiger partial charge in [0.2, 0.25) is 0 Å². The number of hydrogen-bond acceptors (Lipinski definition) is 4. The van der Waals surface area contributed by atoms with Crippen LogP contribution < -0.4 is 10.6 Å². The van der Waals surface area contributed by atoms with Crippen LogP contribution in [0.15, 0.2) is 37.4 Å². The van der Waals surface area contributed by atoms with Crippen molar-refractivity contribution < 1.29 is 0 Å². The molecule has 2 aromatic heterocycles. The van der Waals surface area contributed by atoms with Gasteiger partial charge in [-0.05, 0) is 50.9 Å². The summed E-state index contributed by atoms with van der Waals surface area (Å²) in [4.78, 5) is 8.01. The van der Waals surface area contributed by atoms with E-state index in [1.807, 2.05) is 37.4 Å². The zero-order chi connectivity index (χ0) is 15.0. The van der Waals surface area contributed by atoms with Crippen molar-refractivity contribution in [1.29, 1.82) is 0 Å². The lowest BCUT2D eigenvalue weighted by Crippen LogP contribution is -2.13. The van der Waals surface area contributed by atoms with Gasteiger partial charge in [0.15, 0.2) is 0 Å². The molecule has 0 unspecified atom stereocenters. The molecule has 2 saturated heterocycles. The third kappa shape index (κ3) is 6.67. The van der Waals surface area contributed by atoms with Crippen molar-refractivity contribution >= 4 is 13.5 Å². The molecule has 0 radical (unpaired) electrons. The zero-order valence-corrected chi connectivity index (χ0v) is 14.6. The Bertz CT molecular complexity index is 453. The van der Waals surface area contributed by atoms with Crippen LogP contribution in [0, 0.1) is 11.8 Å². The standard InChI is InChI=1S/2C8H13N3.CH4.H2S/c2*1-2-9-5-8(1)6-11-4-3-10-7-11;;/h2*3-4,7-9H,1-2,5-6H2;1H4;1H2/t2*8-;;/m10../s1. The topological polar surface area (TPSA) is 59.7 Å². The predicted molar refractivity (Wildman–Crippen MR) is 104 cm³/mol. The molecule has 0 bridgehead atoms. The molecule has 4 rings (SSSR count). The van der Waals surface area contributed by atoms with Gasteiger partial charge >= 0.3 is 0 Å². The first-order valence-electron chi connectivity index (χ1n) is 8.23. The summed E-state index contributed by atoms with van der Waals surface area (Å²) in [5.41, 5.74) is 0. The highest BCUT2D eigenvalue weighted by molar-refractivity contribution is 7.59. The van der Waals surface area contributed by atoms with Crippen LogP contribution in [-0.4, -0.2) is 45.3 Å². The SMILES string of the molecule is C.S.c1cn(C[C@@H]2CCNC2)cn1.c1cn(C[C@H]2CCNC2)cn1. The maximum Gasteiger partial charge on any atom is 0.0946 e. The van der Waals surface area contributed by atoms with Crippen LogP contribution in [0.2, 0.25) is 0 Å². The van der Waals surface area contributed by atoms with Gasteiger partial charge in [-0.3, -0.25) is 0 Å². The van der Waals surface area contributed by atoms with Crippen molar-refractivity contribution in [2.24, 2.45) is 11.8 Å². The fraction of sp³-hybridized carbons (Fsp3) is 0.647. The number of aromatic nitrogens is 4. The van der Waals surface area contributed by atoms with E-state index in [9.17, 15) is 0 Å². The molecule has 7 heteroatoms. The molecular weight excluding hydrogens is 320 g/mol. The second-order valence-corrected chi connectivity index (χ2v) is 6.24. The minimum absolute atomic E-state index is 0. The molecule has 0 saturated carbocycles. The second-order valence-electron chi connectivity index (χ2n) is 6.24. The van der Waals surface area contributed by atoms with Crippen LogP contribution >= 0.6 is 13.5 Å². The Morgan fingerprint density at radius 2 is 1.29 bits per heavy atom. The Morgan fingerprint density at radius 3 is 1.58 bits per heavy atom. The van der Waals surface area contributed by atoms with E-state index in [4.69, 9.17) is 0 Å². The molecule has 2 aliphatic heterocycles. The average molecular weight is 353 g/mol. The summed E-state index contributed by atoms with van der Waals surface area (Å²) < 4.78 is 4.30. The first kappa shape index (κ1) is 20.7. The minimum atomic E-state index is 0. The van der Waals surface area contributed by atoms with Crippen molar-refractivity contribution in [2.75, 3.05) is 26.2 Å². The molecule has 2 N–H and O–H groups in total. The molecule has 136 valence electrons. The normalized spacial score (nSPS) is 22.2. The Morgan fingerprint density at radius 1 is 0.833 bits per heavy atom. The minimum Gasteiger partial charge on any atom is -0.337 e. The zero-order valence-electron chi connectivity index (χ0n) is 13.6. The van der Waals surface area contributed by atoms with E-state index in [1.165, 1.54) is 25.9 Å². The van der Waals surface area contributed by atoms with E-state index >= 15 is 0 Å². The molecule has 2 aromatic rings. The average Bonchev–Trinajstić information content (AvgIpc) is 3.31. The van der Waals surface area contributed by atoms with E-state index in [0.29, 0.717) is 0 Å². The Kier molecular flexibility index (Phi) is 9.75. The van der Waals surface area contributed by atoms with Crippen LogP contribution in [-0.2, 0) is 13.1 Å². The molecule has 0 aliphatic carbocycles. The summed E-state index contributed by atoms with van der Waals surface area (Å²) in [6.07, 6.45) is 14.1. The monoisotopic (exact) mass is 352 g/mol. The fourth-order valence-electron chi connectivity index (χ4n) is 3.13. The number of hydrogen-bond donors (Lipinski definition) is 2. The van der Waals surface area contributed by atoms with Gasteiger partial charge in [-0.25, -0.2) is 9.97 Å². The first-order chi connectivity index (χ1) is 10.9. The third-order valence-corrected chi connectivity index (χ3v) is 4.38. The summed E-state index contributed by atoms with van der Waals surface area (Å²) >= 11 is 0. The molecule has 0 spiro atoms. The van der Waals surface area contributed by atoms with Gasteiger partial charge in [-0.15, -0.1) is 0 Å². The molecule has 6 nitrogen and oxygen atoms in total. The molecule has 0 aromatic carbocycles. The largest absolute Gasteiger partial charge is 0.337 e. The Balaban J connectivity index is 0.000000222. The highest BCUT2D eigenvalue weighted by Crippen LogP contribution is 2.10. The maximum atomic E-state index is 4.01. The highest BCUT2D eigenvalue weighted by Gasteiger charge is 2.14. The predicted octanol–water partition coefficient (Wildman–Crippen LogP) is 1.73. The summed E-state index contributed by atoms with van der Waals surface area (Å²) in [6, 6.07) is 0. The maximum absolute atomic E-state index is 4.01. The van der Waals surface area contributed by atoms with Crippen LogP contribution in [0.5, 0.6) is 0 Å². The van der Waals surface area contributed by atoms with E-state index in [2.05, 4.69) is 29.7 Å². The van der Waals surface area contributed by atoms with E-state index < -0.39 is 0 Å². The third-order valence-electron chi connectivity index (χ3n) is 4.38. The van der Waals surface area contributed by atoms with Crippen molar-refractivity contribution in [2.45, 2.75) is 33.4 Å². The Labute approximate surface area is 152 Å². The number of nitrogens with zero attached hydrogens (tertiary/aromatic N) is 4. The molecule has 0 amide bonds. The van der Waals surface area contributed by atoms with Gasteiger partial charge < -0.3 is 19.8 Å². The molecule has 2 aliphatic rings. The summed E-state index contributed by atoms with van der Waals surface area (Å²) in [5.74, 6) is 1.62. The number of rotatable bonds is 4. The van der Waals surface area contributed by atoms with Gasteiger partial charge in [0.05, 0.1) is 12.7 Å². The van der Waals surface area contributed by atoms with Crippen LogP contribution in [0.4, 0.5) is 0 Å². The summed E-state index contributed by atoms with van der Waals surface area (Å²) in [5, 5.41) is 6.70. The van der Waals surface area contributed by atoms with Crippen molar-refractivity contribution in [3.05, 3.63) is 37.4 Å². The van der Waals surface area contributed by atoms with Gasteiger partial charge in [0, 0.05) is 37.9 Å². The number of imidazole rings is 2. The second kappa shape index (κ2) is 11.3. The van der Waals surface area contributed by atoms with Gasteiger partial charge in [-0.1, -0.05) is 7.43 Å². The van der Waals surface area contributed by atoms with Gasteiger partial charge in [0.25, 0.3) is 0 Å². The molecular formula is C17H32N6S. The van der Waals surface area contributed by atoms with Crippen molar-refractivity contribution in [3.63, 3.8) is 0 Å². The van der Waals surface area contributed by atoms with Gasteiger partial charge in [-0.2, -0.15) is 13.5 Å². The van der Waals surface area contributed by atoms with E-state index in [-0.39, 0.29) is 20.9 Å². The molecule has 2 atom stereocenters. The van der Waals surface area contributed by atoms with Crippen LogP contribution in [0.25, 0.3) is 0 Å². The van der Waals surface area contributed by atoms with Crippen LogP contribution in [0.1, 0.15) is 20.3 Å². The number of nitrogens with one attached hydrogen (secondary N) is 2. The smallest absolute Gasteiger partial charge is 0.0946 e. The lowest BCUT2D eigenvalue weighted by molar-refractivity contribution is 0.481. The summed E-state index contributed by atoms with van der Waals surface area (Å²) in [6.45, 7) is 6.93. The first-order valence-corrected chi connectivity index (χ1v) is 8.23. The van der Waals surface area contributed by atoms with Gasteiger partial charge in [0.1, 0.15) is 0 Å². The molecule has 2 fully saturated rings. The van der Waals surface area contributed by atoms with Crippen molar-refractivity contribution in [1.82, 2.24) is 29.7 Å².